The third kappa shape index (κ3) is 4.18. The quantitative estimate of drug-likeness (QED) is 0.494. The largest absolute Gasteiger partial charge is 0.361 e. The van der Waals surface area contributed by atoms with Gasteiger partial charge in [-0.05, 0) is 50.3 Å². The number of likely N-dealkylation sites (N-methyl/N-ethyl adjacent to an activating group) is 1. The lowest BCUT2D eigenvalue weighted by Crippen LogP contribution is -2.52. The minimum atomic E-state index is 0.0711. The number of piperazine rings is 1. The van der Waals surface area contributed by atoms with Crippen LogP contribution in [0.15, 0.2) is 30.5 Å². The standard InChI is InChI=1S/C25H34N6O/c1-3-4-7-17(12-18-14-26-22-9-6-5-8-21(18)22)13-23(32)24-27-25(29-28-24)31-15-19-10-11-20(16-31)30(19)2/h5-6,8-9,14,17,19-20,26H,3-4,7,10-13,15-16H2,1-2H3,(H,27,28,29). The Balaban J connectivity index is 1.26. The summed E-state index contributed by atoms with van der Waals surface area (Å²) in [6.07, 6.45) is 9.29. The molecular formula is C25H34N6O. The van der Waals surface area contributed by atoms with Crippen LogP contribution in [-0.4, -0.2) is 63.1 Å². The second-order valence-corrected chi connectivity index (χ2v) is 9.64. The van der Waals surface area contributed by atoms with Crippen molar-refractivity contribution in [1.82, 2.24) is 25.1 Å². The Hall–Kier alpha value is -2.67. The minimum Gasteiger partial charge on any atom is -0.361 e. The van der Waals surface area contributed by atoms with E-state index >= 15 is 0 Å². The van der Waals surface area contributed by atoms with Gasteiger partial charge in [0.2, 0.25) is 5.95 Å². The first-order valence-electron chi connectivity index (χ1n) is 12.1. The van der Waals surface area contributed by atoms with Crippen LogP contribution in [0.3, 0.4) is 0 Å². The maximum Gasteiger partial charge on any atom is 0.245 e. The van der Waals surface area contributed by atoms with Crippen molar-refractivity contribution >= 4 is 22.6 Å². The van der Waals surface area contributed by atoms with Crippen molar-refractivity contribution in [3.8, 4) is 0 Å². The lowest BCUT2D eigenvalue weighted by molar-refractivity contribution is 0.0948. The highest BCUT2D eigenvalue weighted by atomic mass is 16.1. The second-order valence-electron chi connectivity index (χ2n) is 9.64. The van der Waals surface area contributed by atoms with Gasteiger partial charge in [-0.25, -0.2) is 0 Å². The van der Waals surface area contributed by atoms with Gasteiger partial charge in [0.15, 0.2) is 11.6 Å². The highest BCUT2D eigenvalue weighted by molar-refractivity contribution is 5.93. The number of hydrogen-bond acceptors (Lipinski definition) is 5. The molecule has 3 aromatic rings. The molecule has 1 aromatic carbocycles. The van der Waals surface area contributed by atoms with Gasteiger partial charge < -0.3 is 9.88 Å². The summed E-state index contributed by atoms with van der Waals surface area (Å²) >= 11 is 0. The number of carbonyl (C=O) groups excluding carboxylic acids is 1. The normalized spacial score (nSPS) is 22.0. The fourth-order valence-corrected chi connectivity index (χ4v) is 5.54. The summed E-state index contributed by atoms with van der Waals surface area (Å²) in [5.74, 6) is 1.46. The Labute approximate surface area is 189 Å². The summed E-state index contributed by atoms with van der Waals surface area (Å²) in [5, 5.41) is 8.61. The van der Waals surface area contributed by atoms with Gasteiger partial charge in [0.25, 0.3) is 0 Å². The number of hydrogen-bond donors (Lipinski definition) is 2. The zero-order valence-electron chi connectivity index (χ0n) is 19.2. The molecule has 4 heterocycles. The van der Waals surface area contributed by atoms with Crippen LogP contribution in [0.5, 0.6) is 0 Å². The number of H-pyrrole nitrogens is 2. The van der Waals surface area contributed by atoms with E-state index in [0.29, 0.717) is 36.2 Å². The van der Waals surface area contributed by atoms with Crippen LogP contribution in [0.4, 0.5) is 5.95 Å². The van der Waals surface area contributed by atoms with E-state index in [1.165, 1.54) is 23.8 Å². The van der Waals surface area contributed by atoms with E-state index in [1.807, 2.05) is 6.07 Å². The van der Waals surface area contributed by atoms with E-state index in [1.54, 1.807) is 0 Å². The fraction of sp³-hybridized carbons (Fsp3) is 0.560. The number of carbonyl (C=O) groups is 1. The molecule has 2 bridgehead atoms. The molecule has 32 heavy (non-hydrogen) atoms. The molecule has 2 aliphatic rings. The summed E-state index contributed by atoms with van der Waals surface area (Å²) in [6, 6.07) is 9.53. The molecule has 0 radical (unpaired) electrons. The van der Waals surface area contributed by atoms with E-state index in [-0.39, 0.29) is 5.78 Å². The molecule has 0 saturated carbocycles. The van der Waals surface area contributed by atoms with Crippen LogP contribution in [0.1, 0.15) is 61.6 Å². The van der Waals surface area contributed by atoms with Crippen LogP contribution in [0.25, 0.3) is 10.9 Å². The zero-order valence-corrected chi connectivity index (χ0v) is 19.2. The first kappa shape index (κ1) is 21.2. The van der Waals surface area contributed by atoms with Crippen molar-refractivity contribution in [3.05, 3.63) is 41.9 Å². The van der Waals surface area contributed by atoms with Gasteiger partial charge in [-0.1, -0.05) is 38.0 Å². The second kappa shape index (κ2) is 9.06. The molecule has 2 N–H and O–H groups in total. The number of benzene rings is 1. The topological polar surface area (TPSA) is 80.9 Å². The third-order valence-corrected chi connectivity index (χ3v) is 7.49. The number of Topliss-reactive ketones (excluding diaryl/α,β-unsaturated/α-hetero) is 1. The molecule has 0 spiro atoms. The monoisotopic (exact) mass is 434 g/mol. The molecule has 7 heteroatoms. The number of unbranched alkanes of at least 4 members (excludes halogenated alkanes) is 1. The molecule has 3 atom stereocenters. The first-order valence-corrected chi connectivity index (χ1v) is 12.1. The highest BCUT2D eigenvalue weighted by Gasteiger charge is 2.38. The highest BCUT2D eigenvalue weighted by Crippen LogP contribution is 2.30. The predicted octanol–water partition coefficient (Wildman–Crippen LogP) is 4.19. The molecule has 2 fully saturated rings. The fourth-order valence-electron chi connectivity index (χ4n) is 5.54. The van der Waals surface area contributed by atoms with Crippen LogP contribution < -0.4 is 4.90 Å². The number of aromatic amines is 2. The Morgan fingerprint density at radius 3 is 2.78 bits per heavy atom. The number of rotatable bonds is 9. The minimum absolute atomic E-state index is 0.0711. The molecule has 2 aromatic heterocycles. The van der Waals surface area contributed by atoms with Crippen LogP contribution in [0, 0.1) is 5.92 Å². The number of para-hydroxylation sites is 1. The van der Waals surface area contributed by atoms with Crippen LogP contribution in [-0.2, 0) is 6.42 Å². The van der Waals surface area contributed by atoms with Gasteiger partial charge in [-0.2, -0.15) is 4.98 Å². The van der Waals surface area contributed by atoms with E-state index in [2.05, 4.69) is 68.3 Å². The predicted molar refractivity (Wildman–Crippen MR) is 127 cm³/mol. The van der Waals surface area contributed by atoms with Gasteiger partial charge in [0.1, 0.15) is 0 Å². The summed E-state index contributed by atoms with van der Waals surface area (Å²) in [5.41, 5.74) is 2.45. The van der Waals surface area contributed by atoms with E-state index in [0.717, 1.165) is 44.3 Å². The van der Waals surface area contributed by atoms with Gasteiger partial charge in [-0.3, -0.25) is 14.8 Å². The molecule has 0 aliphatic carbocycles. The molecule has 170 valence electrons. The molecule has 2 aliphatic heterocycles. The maximum absolute atomic E-state index is 13.1. The average molecular weight is 435 g/mol. The first-order chi connectivity index (χ1) is 15.6. The Bertz CT molecular complexity index is 1060. The Morgan fingerprint density at radius 2 is 2.00 bits per heavy atom. The van der Waals surface area contributed by atoms with Gasteiger partial charge >= 0.3 is 0 Å². The van der Waals surface area contributed by atoms with E-state index in [4.69, 9.17) is 0 Å². The van der Waals surface area contributed by atoms with Crippen LogP contribution in [0.2, 0.25) is 0 Å². The molecular weight excluding hydrogens is 400 g/mol. The van der Waals surface area contributed by atoms with Crippen molar-refractivity contribution in [2.24, 2.45) is 5.92 Å². The molecule has 3 unspecified atom stereocenters. The van der Waals surface area contributed by atoms with E-state index < -0.39 is 0 Å². The van der Waals surface area contributed by atoms with Gasteiger partial charge in [-0.15, -0.1) is 5.10 Å². The molecule has 5 rings (SSSR count). The number of aromatic nitrogens is 4. The van der Waals surface area contributed by atoms with Crippen molar-refractivity contribution in [2.45, 2.75) is 64.0 Å². The zero-order chi connectivity index (χ0) is 22.1. The van der Waals surface area contributed by atoms with Crippen LogP contribution >= 0.6 is 0 Å². The SMILES string of the molecule is CCCCC(CC(=O)c1nc(N2CC3CCC(C2)N3C)n[nH]1)Cc1c[nH]c2ccccc12. The average Bonchev–Trinajstić information content (AvgIpc) is 3.49. The van der Waals surface area contributed by atoms with Gasteiger partial charge in [0.05, 0.1) is 0 Å². The van der Waals surface area contributed by atoms with E-state index in [9.17, 15) is 4.79 Å². The lowest BCUT2D eigenvalue weighted by atomic mass is 9.89. The number of anilines is 1. The summed E-state index contributed by atoms with van der Waals surface area (Å²) < 4.78 is 0. The summed E-state index contributed by atoms with van der Waals surface area (Å²) in [6.45, 7) is 4.09. The Morgan fingerprint density at radius 1 is 1.22 bits per heavy atom. The van der Waals surface area contributed by atoms with Crippen molar-refractivity contribution in [2.75, 3.05) is 25.0 Å². The summed E-state index contributed by atoms with van der Waals surface area (Å²) in [7, 11) is 2.22. The van der Waals surface area contributed by atoms with Crippen molar-refractivity contribution in [1.29, 1.82) is 0 Å². The smallest absolute Gasteiger partial charge is 0.245 e. The lowest BCUT2D eigenvalue weighted by Gasteiger charge is -2.38. The van der Waals surface area contributed by atoms with Gasteiger partial charge in [0, 0.05) is 48.7 Å². The number of fused-ring (bicyclic) bond motifs is 3. The van der Waals surface area contributed by atoms with Crippen molar-refractivity contribution in [3.63, 3.8) is 0 Å². The number of nitrogens with zero attached hydrogens (tertiary/aromatic N) is 4. The maximum atomic E-state index is 13.1. The molecule has 2 saturated heterocycles. The molecule has 7 nitrogen and oxygen atoms in total. The Kier molecular flexibility index (Phi) is 6.00. The number of nitrogens with one attached hydrogen (secondary N) is 2. The molecule has 0 amide bonds. The number of ketones is 1. The third-order valence-electron chi connectivity index (χ3n) is 7.49. The summed E-state index contributed by atoms with van der Waals surface area (Å²) in [4.78, 5) is 25.8. The van der Waals surface area contributed by atoms with Crippen molar-refractivity contribution < 1.29 is 4.79 Å².